The summed E-state index contributed by atoms with van der Waals surface area (Å²) in [5.74, 6) is 1.13. The molecule has 0 amide bonds. The van der Waals surface area contributed by atoms with E-state index in [0.717, 1.165) is 27.0 Å². The summed E-state index contributed by atoms with van der Waals surface area (Å²) in [6, 6.07) is 9.83. The number of fused-ring (bicyclic) bond motifs is 2. The number of nitrogens with zero attached hydrogens (tertiary/aromatic N) is 5. The number of alkyl halides is 1. The fourth-order valence-electron chi connectivity index (χ4n) is 4.05. The van der Waals surface area contributed by atoms with Crippen molar-refractivity contribution in [1.82, 2.24) is 30.0 Å². The van der Waals surface area contributed by atoms with E-state index < -0.39 is 12.3 Å². The standard InChI is InChI=1S/C23H20FN7OS/c1-31-10-14(7-29-31)13-4-18-22(19(5-13)32-20-9-25-8-16(20)24)23(27-11-26-18)30-15-2-3-17-21(6-15)33-12-28-17/h2-7,10-12,16,20,25H,8-9H2,1H3,(H,26,27,30). The molecule has 1 saturated heterocycles. The highest BCUT2D eigenvalue weighted by Gasteiger charge is 2.29. The van der Waals surface area contributed by atoms with Gasteiger partial charge in [0.1, 0.15) is 24.0 Å². The van der Waals surface area contributed by atoms with Gasteiger partial charge in [0.05, 0.1) is 32.8 Å². The summed E-state index contributed by atoms with van der Waals surface area (Å²) in [4.78, 5) is 13.3. The van der Waals surface area contributed by atoms with Gasteiger partial charge in [-0.15, -0.1) is 11.3 Å². The molecule has 0 spiro atoms. The lowest BCUT2D eigenvalue weighted by molar-refractivity contribution is 0.142. The first-order valence-corrected chi connectivity index (χ1v) is 11.4. The van der Waals surface area contributed by atoms with Crippen LogP contribution in [-0.2, 0) is 7.05 Å². The van der Waals surface area contributed by atoms with Crippen molar-refractivity contribution in [3.63, 3.8) is 0 Å². The van der Waals surface area contributed by atoms with Crippen LogP contribution in [0.25, 0.3) is 32.2 Å². The number of halogens is 1. The van der Waals surface area contributed by atoms with Crippen LogP contribution < -0.4 is 15.4 Å². The van der Waals surface area contributed by atoms with Crippen molar-refractivity contribution >= 4 is 44.0 Å². The molecule has 5 aromatic rings. The number of nitrogens with one attached hydrogen (secondary N) is 2. The summed E-state index contributed by atoms with van der Waals surface area (Å²) >= 11 is 1.58. The number of thiazole rings is 1. The third-order valence-electron chi connectivity index (χ3n) is 5.70. The molecule has 2 N–H and O–H groups in total. The molecule has 0 saturated carbocycles. The Hall–Kier alpha value is -3.63. The van der Waals surface area contributed by atoms with Crippen LogP contribution in [0.3, 0.4) is 0 Å². The molecule has 4 heterocycles. The maximum Gasteiger partial charge on any atom is 0.150 e. The van der Waals surface area contributed by atoms with Crippen LogP contribution in [0.2, 0.25) is 0 Å². The molecule has 1 aliphatic heterocycles. The van der Waals surface area contributed by atoms with E-state index in [2.05, 4.69) is 30.7 Å². The molecule has 0 radical (unpaired) electrons. The number of rotatable bonds is 5. The molecule has 33 heavy (non-hydrogen) atoms. The minimum Gasteiger partial charge on any atom is -0.485 e. The van der Waals surface area contributed by atoms with Gasteiger partial charge < -0.3 is 15.4 Å². The van der Waals surface area contributed by atoms with Crippen LogP contribution in [0.4, 0.5) is 15.9 Å². The van der Waals surface area contributed by atoms with Gasteiger partial charge in [0, 0.05) is 37.6 Å². The zero-order valence-electron chi connectivity index (χ0n) is 17.7. The molecule has 0 aliphatic carbocycles. The molecule has 6 rings (SSSR count). The Labute approximate surface area is 192 Å². The molecule has 0 bridgehead atoms. The molecule has 2 aromatic carbocycles. The first kappa shape index (κ1) is 20.0. The summed E-state index contributed by atoms with van der Waals surface area (Å²) < 4.78 is 23.4. The fraction of sp³-hybridized carbons (Fsp3) is 0.217. The molecule has 1 aliphatic rings. The van der Waals surface area contributed by atoms with Crippen molar-refractivity contribution in [1.29, 1.82) is 0 Å². The highest BCUT2D eigenvalue weighted by molar-refractivity contribution is 7.16. The number of ether oxygens (including phenoxy) is 1. The van der Waals surface area contributed by atoms with Crippen molar-refractivity contribution in [3.8, 4) is 16.9 Å². The van der Waals surface area contributed by atoms with Gasteiger partial charge in [-0.2, -0.15) is 5.10 Å². The Balaban J connectivity index is 1.47. The van der Waals surface area contributed by atoms with Crippen molar-refractivity contribution in [2.45, 2.75) is 12.3 Å². The Morgan fingerprint density at radius 3 is 2.88 bits per heavy atom. The average Bonchev–Trinajstić information content (AvgIpc) is 3.55. The van der Waals surface area contributed by atoms with Crippen LogP contribution >= 0.6 is 11.3 Å². The minimum absolute atomic E-state index is 0.279. The van der Waals surface area contributed by atoms with Gasteiger partial charge in [-0.05, 0) is 35.9 Å². The molecular weight excluding hydrogens is 441 g/mol. The third-order valence-corrected chi connectivity index (χ3v) is 6.49. The SMILES string of the molecule is Cn1cc(-c2cc(OC3CNCC3F)c3c(Nc4ccc5ncsc5c4)ncnc3c2)cn1. The predicted octanol–water partition coefficient (Wildman–Crippen LogP) is 4.07. The van der Waals surface area contributed by atoms with E-state index >= 15 is 0 Å². The maximum atomic E-state index is 14.4. The molecule has 2 unspecified atom stereocenters. The highest BCUT2D eigenvalue weighted by Crippen LogP contribution is 2.37. The van der Waals surface area contributed by atoms with Crippen molar-refractivity contribution < 1.29 is 9.13 Å². The largest absolute Gasteiger partial charge is 0.485 e. The van der Waals surface area contributed by atoms with Crippen LogP contribution in [0.15, 0.2) is 54.6 Å². The van der Waals surface area contributed by atoms with Crippen molar-refractivity contribution in [3.05, 3.63) is 54.6 Å². The number of hydrogen-bond donors (Lipinski definition) is 2. The highest BCUT2D eigenvalue weighted by atomic mass is 32.1. The summed E-state index contributed by atoms with van der Waals surface area (Å²) in [5.41, 5.74) is 6.16. The second-order valence-electron chi connectivity index (χ2n) is 7.98. The Bertz CT molecular complexity index is 1470. The van der Waals surface area contributed by atoms with Gasteiger partial charge in [-0.25, -0.2) is 19.3 Å². The molecule has 166 valence electrons. The van der Waals surface area contributed by atoms with Crippen LogP contribution in [-0.4, -0.2) is 50.1 Å². The van der Waals surface area contributed by atoms with Gasteiger partial charge in [-0.3, -0.25) is 4.68 Å². The van der Waals surface area contributed by atoms with Gasteiger partial charge in [0.15, 0.2) is 6.17 Å². The smallest absolute Gasteiger partial charge is 0.150 e. The monoisotopic (exact) mass is 461 g/mol. The third kappa shape index (κ3) is 3.77. The second-order valence-corrected chi connectivity index (χ2v) is 8.87. The molecular formula is C23H20FN7OS. The lowest BCUT2D eigenvalue weighted by atomic mass is 10.1. The Kier molecular flexibility index (Phi) is 4.88. The zero-order chi connectivity index (χ0) is 22.4. The predicted molar refractivity (Wildman–Crippen MR) is 127 cm³/mol. The number of anilines is 2. The minimum atomic E-state index is -1.09. The van der Waals surface area contributed by atoms with Gasteiger partial charge in [0.2, 0.25) is 0 Å². The van der Waals surface area contributed by atoms with E-state index in [-0.39, 0.29) is 6.54 Å². The molecule has 2 atom stereocenters. The zero-order valence-corrected chi connectivity index (χ0v) is 18.5. The summed E-state index contributed by atoms with van der Waals surface area (Å²) in [6.45, 7) is 0.722. The Morgan fingerprint density at radius 1 is 1.12 bits per heavy atom. The lowest BCUT2D eigenvalue weighted by Gasteiger charge is -2.19. The molecule has 8 nitrogen and oxygen atoms in total. The van der Waals surface area contributed by atoms with E-state index in [1.807, 2.05) is 49.1 Å². The van der Waals surface area contributed by atoms with Crippen LogP contribution in [0.5, 0.6) is 5.75 Å². The summed E-state index contributed by atoms with van der Waals surface area (Å²) in [6.07, 6.45) is 3.55. The molecule has 10 heteroatoms. The van der Waals surface area contributed by atoms with Crippen molar-refractivity contribution in [2.75, 3.05) is 18.4 Å². The fourth-order valence-corrected chi connectivity index (χ4v) is 4.77. The number of aromatic nitrogens is 5. The summed E-state index contributed by atoms with van der Waals surface area (Å²) in [7, 11) is 1.87. The van der Waals surface area contributed by atoms with E-state index in [0.29, 0.717) is 29.0 Å². The maximum absolute atomic E-state index is 14.4. The topological polar surface area (TPSA) is 89.8 Å². The van der Waals surface area contributed by atoms with Crippen LogP contribution in [0.1, 0.15) is 0 Å². The average molecular weight is 462 g/mol. The number of benzene rings is 2. The molecule has 3 aromatic heterocycles. The number of hydrogen-bond acceptors (Lipinski definition) is 8. The quantitative estimate of drug-likeness (QED) is 0.408. The van der Waals surface area contributed by atoms with Crippen LogP contribution in [0, 0.1) is 0 Å². The van der Waals surface area contributed by atoms with E-state index in [1.54, 1.807) is 22.2 Å². The van der Waals surface area contributed by atoms with Crippen molar-refractivity contribution in [2.24, 2.45) is 7.05 Å². The number of aryl methyl sites for hydroxylation is 1. The normalized spacial score (nSPS) is 18.2. The first-order chi connectivity index (χ1) is 16.1. The van der Waals surface area contributed by atoms with Gasteiger partial charge in [-0.1, -0.05) is 0 Å². The van der Waals surface area contributed by atoms with Gasteiger partial charge in [0.25, 0.3) is 0 Å². The van der Waals surface area contributed by atoms with Gasteiger partial charge >= 0.3 is 0 Å². The lowest BCUT2D eigenvalue weighted by Crippen LogP contribution is -2.27. The molecule has 1 fully saturated rings. The van der Waals surface area contributed by atoms with E-state index in [9.17, 15) is 4.39 Å². The Morgan fingerprint density at radius 2 is 2.06 bits per heavy atom. The van der Waals surface area contributed by atoms with E-state index in [4.69, 9.17) is 4.74 Å². The first-order valence-electron chi connectivity index (χ1n) is 10.5. The summed E-state index contributed by atoms with van der Waals surface area (Å²) in [5, 5.41) is 11.4. The second kappa shape index (κ2) is 8.05. The van der Waals surface area contributed by atoms with E-state index in [1.165, 1.54) is 6.33 Å².